The van der Waals surface area contributed by atoms with E-state index in [1.54, 1.807) is 24.3 Å². The van der Waals surface area contributed by atoms with Crippen LogP contribution in [0, 0.1) is 12.7 Å². The lowest BCUT2D eigenvalue weighted by atomic mass is 10.00. The number of esters is 1. The molecule has 6 nitrogen and oxygen atoms in total. The predicted octanol–water partition coefficient (Wildman–Crippen LogP) is 5.54. The average molecular weight is 443 g/mol. The first kappa shape index (κ1) is 22.0. The number of nitrogens with zero attached hydrogens (tertiary/aromatic N) is 2. The highest BCUT2D eigenvalue weighted by molar-refractivity contribution is 5.91. The summed E-state index contributed by atoms with van der Waals surface area (Å²) in [4.78, 5) is 23.4. The molecule has 0 spiro atoms. The molecular formula is C26H22FN3O3. The van der Waals surface area contributed by atoms with E-state index in [9.17, 15) is 14.0 Å². The maximum Gasteiger partial charge on any atom is 0.309 e. The van der Waals surface area contributed by atoms with E-state index in [1.165, 1.54) is 30.7 Å². The van der Waals surface area contributed by atoms with Gasteiger partial charge in [-0.2, -0.15) is 9.78 Å². The largest absolute Gasteiger partial charge is 0.407 e. The van der Waals surface area contributed by atoms with Crippen molar-refractivity contribution in [2.24, 2.45) is 0 Å². The number of aryl methyl sites for hydroxylation is 1. The molecule has 1 amide bonds. The molecule has 4 rings (SSSR count). The number of benzene rings is 3. The van der Waals surface area contributed by atoms with Crippen LogP contribution < -0.4 is 10.1 Å². The molecule has 1 N–H and O–H groups in total. The van der Waals surface area contributed by atoms with Crippen molar-refractivity contribution in [2.45, 2.75) is 20.8 Å². The Morgan fingerprint density at radius 2 is 1.61 bits per heavy atom. The first-order valence-corrected chi connectivity index (χ1v) is 10.3. The monoisotopic (exact) mass is 443 g/mol. The van der Waals surface area contributed by atoms with Crippen LogP contribution >= 0.6 is 0 Å². The normalized spacial score (nSPS) is 10.7. The molecule has 33 heavy (non-hydrogen) atoms. The SMILES string of the molecule is CC(=O)Nc1ccc(-c2c(-c3ccc(C)cc3)nn(-c3cccc(F)c3)c2OC(C)=O)cc1. The van der Waals surface area contributed by atoms with Crippen LogP contribution in [-0.2, 0) is 9.59 Å². The van der Waals surface area contributed by atoms with Crippen LogP contribution in [0.15, 0.2) is 72.8 Å². The minimum absolute atomic E-state index is 0.177. The van der Waals surface area contributed by atoms with Gasteiger partial charge in [-0.3, -0.25) is 9.59 Å². The molecule has 0 fully saturated rings. The Morgan fingerprint density at radius 3 is 2.21 bits per heavy atom. The Kier molecular flexibility index (Phi) is 6.04. The van der Waals surface area contributed by atoms with Gasteiger partial charge in [0.1, 0.15) is 11.5 Å². The average Bonchev–Trinajstić information content (AvgIpc) is 3.13. The van der Waals surface area contributed by atoms with Gasteiger partial charge in [0.15, 0.2) is 0 Å². The molecule has 166 valence electrons. The van der Waals surface area contributed by atoms with Crippen LogP contribution in [0.4, 0.5) is 10.1 Å². The second kappa shape index (κ2) is 9.08. The van der Waals surface area contributed by atoms with Gasteiger partial charge in [0, 0.05) is 25.1 Å². The molecule has 0 aliphatic heterocycles. The van der Waals surface area contributed by atoms with Gasteiger partial charge in [-0.25, -0.2) is 4.39 Å². The summed E-state index contributed by atoms with van der Waals surface area (Å²) in [6.45, 7) is 4.73. The highest BCUT2D eigenvalue weighted by Gasteiger charge is 2.24. The number of aromatic nitrogens is 2. The smallest absolute Gasteiger partial charge is 0.309 e. The molecule has 7 heteroatoms. The van der Waals surface area contributed by atoms with Crippen molar-refractivity contribution in [3.05, 3.63) is 84.2 Å². The molecular weight excluding hydrogens is 421 g/mol. The van der Waals surface area contributed by atoms with Crippen LogP contribution in [0.25, 0.3) is 28.1 Å². The number of hydrogen-bond acceptors (Lipinski definition) is 4. The van der Waals surface area contributed by atoms with Crippen LogP contribution in [-0.4, -0.2) is 21.7 Å². The van der Waals surface area contributed by atoms with Crippen molar-refractivity contribution in [1.82, 2.24) is 9.78 Å². The highest BCUT2D eigenvalue weighted by Crippen LogP contribution is 2.41. The fourth-order valence-corrected chi connectivity index (χ4v) is 3.51. The van der Waals surface area contributed by atoms with E-state index in [2.05, 4.69) is 5.32 Å². The quantitative estimate of drug-likeness (QED) is 0.411. The summed E-state index contributed by atoms with van der Waals surface area (Å²) >= 11 is 0. The van der Waals surface area contributed by atoms with Gasteiger partial charge < -0.3 is 10.1 Å². The van der Waals surface area contributed by atoms with Crippen molar-refractivity contribution in [3.8, 4) is 34.0 Å². The highest BCUT2D eigenvalue weighted by atomic mass is 19.1. The summed E-state index contributed by atoms with van der Waals surface area (Å²) in [5.74, 6) is -0.965. The number of halogens is 1. The van der Waals surface area contributed by atoms with E-state index in [0.717, 1.165) is 16.7 Å². The van der Waals surface area contributed by atoms with Crippen molar-refractivity contribution in [1.29, 1.82) is 0 Å². The predicted molar refractivity (Wildman–Crippen MR) is 125 cm³/mol. The lowest BCUT2D eigenvalue weighted by molar-refractivity contribution is -0.132. The molecule has 4 aromatic rings. The van der Waals surface area contributed by atoms with Gasteiger partial charge in [-0.05, 0) is 42.8 Å². The van der Waals surface area contributed by atoms with Gasteiger partial charge >= 0.3 is 5.97 Å². The fraction of sp³-hybridized carbons (Fsp3) is 0.115. The van der Waals surface area contributed by atoms with E-state index in [4.69, 9.17) is 9.84 Å². The van der Waals surface area contributed by atoms with E-state index >= 15 is 0 Å². The van der Waals surface area contributed by atoms with E-state index in [-0.39, 0.29) is 11.8 Å². The Labute approximate surface area is 190 Å². The zero-order chi connectivity index (χ0) is 23.5. The van der Waals surface area contributed by atoms with E-state index < -0.39 is 11.8 Å². The van der Waals surface area contributed by atoms with Crippen LogP contribution in [0.2, 0.25) is 0 Å². The molecule has 1 heterocycles. The molecule has 0 bridgehead atoms. The Bertz CT molecular complexity index is 1330. The van der Waals surface area contributed by atoms with E-state index in [1.807, 2.05) is 43.3 Å². The first-order chi connectivity index (χ1) is 15.8. The van der Waals surface area contributed by atoms with Crippen LogP contribution in [0.1, 0.15) is 19.4 Å². The van der Waals surface area contributed by atoms with Gasteiger partial charge in [0.25, 0.3) is 0 Å². The number of hydrogen-bond donors (Lipinski definition) is 1. The minimum Gasteiger partial charge on any atom is -0.407 e. The zero-order valence-corrected chi connectivity index (χ0v) is 18.4. The second-order valence-electron chi connectivity index (χ2n) is 7.64. The molecule has 3 aromatic carbocycles. The molecule has 0 saturated heterocycles. The molecule has 0 aliphatic rings. The van der Waals surface area contributed by atoms with Gasteiger partial charge in [-0.1, -0.05) is 48.0 Å². The van der Waals surface area contributed by atoms with Gasteiger partial charge in [-0.15, -0.1) is 0 Å². The van der Waals surface area contributed by atoms with Crippen molar-refractivity contribution >= 4 is 17.6 Å². The number of nitrogens with one attached hydrogen (secondary N) is 1. The molecule has 0 aliphatic carbocycles. The number of carbonyl (C=O) groups excluding carboxylic acids is 2. The summed E-state index contributed by atoms with van der Waals surface area (Å²) in [5.41, 5.74) is 4.82. The Morgan fingerprint density at radius 1 is 0.939 bits per heavy atom. The third-order valence-corrected chi connectivity index (χ3v) is 4.96. The van der Waals surface area contributed by atoms with Crippen molar-refractivity contribution in [2.75, 3.05) is 5.32 Å². The topological polar surface area (TPSA) is 73.2 Å². The third kappa shape index (κ3) is 4.82. The zero-order valence-electron chi connectivity index (χ0n) is 18.4. The maximum absolute atomic E-state index is 14.0. The summed E-state index contributed by atoms with van der Waals surface area (Å²) in [7, 11) is 0. The first-order valence-electron chi connectivity index (χ1n) is 10.3. The lowest BCUT2D eigenvalue weighted by Gasteiger charge is -2.10. The second-order valence-corrected chi connectivity index (χ2v) is 7.64. The number of rotatable bonds is 5. The summed E-state index contributed by atoms with van der Waals surface area (Å²) < 4.78 is 21.1. The fourth-order valence-electron chi connectivity index (χ4n) is 3.51. The third-order valence-electron chi connectivity index (χ3n) is 4.96. The minimum atomic E-state index is -0.529. The summed E-state index contributed by atoms with van der Waals surface area (Å²) in [5, 5.41) is 7.46. The standard InChI is InChI=1S/C26H22FN3O3/c1-16-7-9-20(10-8-16)25-24(19-11-13-22(14-12-19)28-17(2)31)26(33-18(3)32)30(29-25)23-6-4-5-21(27)15-23/h4-15H,1-3H3,(H,28,31). The van der Waals surface area contributed by atoms with E-state index in [0.29, 0.717) is 22.6 Å². The van der Waals surface area contributed by atoms with Crippen LogP contribution in [0.3, 0.4) is 0 Å². The van der Waals surface area contributed by atoms with Gasteiger partial charge in [0.05, 0.1) is 11.3 Å². The van der Waals surface area contributed by atoms with Gasteiger partial charge in [0.2, 0.25) is 11.8 Å². The number of amides is 1. The molecule has 1 aromatic heterocycles. The van der Waals surface area contributed by atoms with Crippen LogP contribution in [0.5, 0.6) is 5.88 Å². The number of anilines is 1. The Balaban J connectivity index is 1.97. The number of ether oxygens (including phenoxy) is 1. The Hall–Kier alpha value is -4.26. The molecule has 0 atom stereocenters. The maximum atomic E-state index is 14.0. The van der Waals surface area contributed by atoms with Crippen molar-refractivity contribution in [3.63, 3.8) is 0 Å². The summed E-state index contributed by atoms with van der Waals surface area (Å²) in [6, 6.07) is 20.8. The summed E-state index contributed by atoms with van der Waals surface area (Å²) in [6.07, 6.45) is 0. The molecule has 0 radical (unpaired) electrons. The molecule has 0 saturated carbocycles. The lowest BCUT2D eigenvalue weighted by Crippen LogP contribution is -2.08. The number of carbonyl (C=O) groups is 2. The molecule has 0 unspecified atom stereocenters. The van der Waals surface area contributed by atoms with Crippen molar-refractivity contribution < 1.29 is 18.7 Å².